The highest BCUT2D eigenvalue weighted by molar-refractivity contribution is 5.66. The molecule has 0 aliphatic heterocycles. The Balaban J connectivity index is 1.74. The van der Waals surface area contributed by atoms with E-state index in [-0.39, 0.29) is 13.2 Å². The van der Waals surface area contributed by atoms with E-state index in [9.17, 15) is 0 Å². The summed E-state index contributed by atoms with van der Waals surface area (Å²) in [6, 6.07) is 10.7. The highest BCUT2D eigenvalue weighted by Crippen LogP contribution is 2.40. The number of ether oxygens (including phenoxy) is 4. The van der Waals surface area contributed by atoms with Gasteiger partial charge in [0.2, 0.25) is 17.6 Å². The third-order valence-corrected chi connectivity index (χ3v) is 3.96. The number of nitrogens with zero attached hydrogens (tertiary/aromatic N) is 3. The zero-order chi connectivity index (χ0) is 21.3. The molecule has 1 aromatic heterocycles. The van der Waals surface area contributed by atoms with Gasteiger partial charge < -0.3 is 34.7 Å². The Bertz CT molecular complexity index is 943. The molecule has 0 saturated carbocycles. The molecule has 0 atom stereocenters. The van der Waals surface area contributed by atoms with Crippen molar-refractivity contribution in [1.82, 2.24) is 15.0 Å². The highest BCUT2D eigenvalue weighted by Gasteiger charge is 2.14. The molecule has 0 fully saturated rings. The molecule has 3 aromatic rings. The summed E-state index contributed by atoms with van der Waals surface area (Å²) in [6.45, 7) is 0.211. The number of aliphatic hydroxyl groups excluding tert-OH is 1. The fraction of sp³-hybridized carbons (Fsp3) is 0.250. The quantitative estimate of drug-likeness (QED) is 0.457. The number of anilines is 4. The molecule has 158 valence electrons. The molecule has 0 spiro atoms. The van der Waals surface area contributed by atoms with Crippen LogP contribution in [0.15, 0.2) is 42.7 Å². The minimum absolute atomic E-state index is 0.0351. The maximum Gasteiger partial charge on any atom is 0.232 e. The third-order valence-electron chi connectivity index (χ3n) is 3.96. The summed E-state index contributed by atoms with van der Waals surface area (Å²) in [7, 11) is 4.64. The van der Waals surface area contributed by atoms with E-state index < -0.39 is 0 Å². The molecule has 0 bridgehead atoms. The van der Waals surface area contributed by atoms with E-state index in [1.165, 1.54) is 6.33 Å². The van der Waals surface area contributed by atoms with Crippen molar-refractivity contribution in [3.05, 3.63) is 42.7 Å². The van der Waals surface area contributed by atoms with Crippen LogP contribution in [0, 0.1) is 0 Å². The predicted octanol–water partition coefficient (Wildman–Crippen LogP) is 2.76. The summed E-state index contributed by atoms with van der Waals surface area (Å²) >= 11 is 0. The van der Waals surface area contributed by atoms with E-state index in [0.717, 1.165) is 5.69 Å². The molecule has 0 aliphatic carbocycles. The van der Waals surface area contributed by atoms with Gasteiger partial charge in [-0.05, 0) is 24.3 Å². The molecule has 10 nitrogen and oxygen atoms in total. The zero-order valence-electron chi connectivity index (χ0n) is 16.9. The largest absolute Gasteiger partial charge is 0.493 e. The Morgan fingerprint density at radius 1 is 0.833 bits per heavy atom. The number of hydrogen-bond acceptors (Lipinski definition) is 10. The molecule has 10 heteroatoms. The SMILES string of the molecule is COc1cc(Nc2ncnc(Nc3ccc(OCCO)cc3)n2)cc(OC)c1OC. The Labute approximate surface area is 173 Å². The average molecular weight is 413 g/mol. The van der Waals surface area contributed by atoms with E-state index >= 15 is 0 Å². The lowest BCUT2D eigenvalue weighted by molar-refractivity contribution is 0.201. The van der Waals surface area contributed by atoms with Gasteiger partial charge in [0.15, 0.2) is 11.5 Å². The van der Waals surface area contributed by atoms with Gasteiger partial charge in [-0.2, -0.15) is 4.98 Å². The van der Waals surface area contributed by atoms with Gasteiger partial charge >= 0.3 is 0 Å². The van der Waals surface area contributed by atoms with E-state index in [2.05, 4.69) is 25.6 Å². The molecule has 1 heterocycles. The normalized spacial score (nSPS) is 10.3. The molecule has 3 rings (SSSR count). The van der Waals surface area contributed by atoms with Crippen LogP contribution in [0.3, 0.4) is 0 Å². The highest BCUT2D eigenvalue weighted by atomic mass is 16.5. The minimum atomic E-state index is -0.0351. The number of rotatable bonds is 10. The number of aliphatic hydroxyl groups is 1. The Morgan fingerprint density at radius 2 is 1.43 bits per heavy atom. The van der Waals surface area contributed by atoms with Gasteiger partial charge in [0.1, 0.15) is 18.7 Å². The van der Waals surface area contributed by atoms with Crippen molar-refractivity contribution < 1.29 is 24.1 Å². The second-order valence-electron chi connectivity index (χ2n) is 5.89. The van der Waals surface area contributed by atoms with Crippen LogP contribution in [0.2, 0.25) is 0 Å². The molecule has 3 N–H and O–H groups in total. The van der Waals surface area contributed by atoms with Gasteiger partial charge in [-0.1, -0.05) is 0 Å². The number of hydrogen-bond donors (Lipinski definition) is 3. The average Bonchev–Trinajstić information content (AvgIpc) is 2.78. The standard InChI is InChI=1S/C20H23N5O5/c1-27-16-10-14(11-17(28-2)18(16)29-3)24-20-22-12-21-19(25-20)23-13-4-6-15(7-5-13)30-9-8-26/h4-7,10-12,26H,8-9H2,1-3H3,(H2,21,22,23,24,25). The first-order valence-corrected chi connectivity index (χ1v) is 9.03. The number of benzene rings is 2. The van der Waals surface area contributed by atoms with Crippen molar-refractivity contribution in [2.75, 3.05) is 45.2 Å². The lowest BCUT2D eigenvalue weighted by Crippen LogP contribution is -2.04. The summed E-state index contributed by atoms with van der Waals surface area (Å²) in [5.41, 5.74) is 1.43. The van der Waals surface area contributed by atoms with Gasteiger partial charge in [0.05, 0.1) is 27.9 Å². The maximum absolute atomic E-state index is 8.81. The molecular weight excluding hydrogens is 390 g/mol. The summed E-state index contributed by atoms with van der Waals surface area (Å²) in [6.07, 6.45) is 1.40. The summed E-state index contributed by atoms with van der Waals surface area (Å²) in [4.78, 5) is 12.7. The van der Waals surface area contributed by atoms with E-state index in [1.54, 1.807) is 45.6 Å². The van der Waals surface area contributed by atoms with Crippen molar-refractivity contribution in [3.8, 4) is 23.0 Å². The first kappa shape index (κ1) is 20.9. The van der Waals surface area contributed by atoms with Crippen molar-refractivity contribution in [2.24, 2.45) is 0 Å². The summed E-state index contributed by atoms with van der Waals surface area (Å²) < 4.78 is 21.4. The van der Waals surface area contributed by atoms with E-state index in [4.69, 9.17) is 24.1 Å². The fourth-order valence-corrected chi connectivity index (χ4v) is 2.63. The third kappa shape index (κ3) is 5.17. The second kappa shape index (κ2) is 10.1. The van der Waals surface area contributed by atoms with Crippen LogP contribution in [0.5, 0.6) is 23.0 Å². The Morgan fingerprint density at radius 3 is 1.97 bits per heavy atom. The van der Waals surface area contributed by atoms with Crippen LogP contribution in [-0.4, -0.2) is 54.6 Å². The van der Waals surface area contributed by atoms with Crippen molar-refractivity contribution in [3.63, 3.8) is 0 Å². The van der Waals surface area contributed by atoms with Crippen molar-refractivity contribution in [1.29, 1.82) is 0 Å². The monoisotopic (exact) mass is 413 g/mol. The summed E-state index contributed by atoms with van der Waals surface area (Å²) in [5.74, 6) is 2.88. The maximum atomic E-state index is 8.81. The molecular formula is C20H23N5O5. The van der Waals surface area contributed by atoms with Gasteiger partial charge in [-0.15, -0.1) is 0 Å². The number of aromatic nitrogens is 3. The van der Waals surface area contributed by atoms with E-state index in [1.807, 2.05) is 12.1 Å². The molecule has 0 unspecified atom stereocenters. The van der Waals surface area contributed by atoms with Crippen LogP contribution in [0.1, 0.15) is 0 Å². The molecule has 2 aromatic carbocycles. The van der Waals surface area contributed by atoms with E-state index in [0.29, 0.717) is 40.6 Å². The first-order valence-electron chi connectivity index (χ1n) is 9.03. The molecule has 0 saturated heterocycles. The molecule has 0 amide bonds. The van der Waals surface area contributed by atoms with Gasteiger partial charge in [-0.3, -0.25) is 0 Å². The fourth-order valence-electron chi connectivity index (χ4n) is 2.63. The lowest BCUT2D eigenvalue weighted by atomic mass is 10.2. The first-order chi connectivity index (χ1) is 14.7. The van der Waals surface area contributed by atoms with Crippen molar-refractivity contribution in [2.45, 2.75) is 0 Å². The van der Waals surface area contributed by atoms with Crippen LogP contribution >= 0.6 is 0 Å². The van der Waals surface area contributed by atoms with Crippen LogP contribution in [0.25, 0.3) is 0 Å². The Hall–Kier alpha value is -3.79. The van der Waals surface area contributed by atoms with Crippen LogP contribution in [-0.2, 0) is 0 Å². The zero-order valence-corrected chi connectivity index (χ0v) is 16.9. The van der Waals surface area contributed by atoms with Crippen LogP contribution < -0.4 is 29.6 Å². The summed E-state index contributed by atoms with van der Waals surface area (Å²) in [5, 5.41) is 15.0. The minimum Gasteiger partial charge on any atom is -0.493 e. The molecule has 30 heavy (non-hydrogen) atoms. The predicted molar refractivity (Wildman–Crippen MR) is 112 cm³/mol. The second-order valence-corrected chi connectivity index (χ2v) is 5.89. The number of nitrogens with one attached hydrogen (secondary N) is 2. The van der Waals surface area contributed by atoms with Gasteiger partial charge in [-0.25, -0.2) is 9.97 Å². The molecule has 0 aliphatic rings. The van der Waals surface area contributed by atoms with Crippen molar-refractivity contribution >= 4 is 23.3 Å². The molecule has 0 radical (unpaired) electrons. The topological polar surface area (TPSA) is 120 Å². The van der Waals surface area contributed by atoms with Crippen LogP contribution in [0.4, 0.5) is 23.3 Å². The van der Waals surface area contributed by atoms with Gasteiger partial charge in [0.25, 0.3) is 0 Å². The lowest BCUT2D eigenvalue weighted by Gasteiger charge is -2.14. The number of methoxy groups -OCH3 is 3. The van der Waals surface area contributed by atoms with Gasteiger partial charge in [0, 0.05) is 23.5 Å². The smallest absolute Gasteiger partial charge is 0.232 e. The Kier molecular flexibility index (Phi) is 7.06.